The molecule has 0 bridgehead atoms. The summed E-state index contributed by atoms with van der Waals surface area (Å²) in [5, 5.41) is 12.1. The molecule has 104 valence electrons. The molecule has 0 saturated heterocycles. The normalized spacial score (nSPS) is 12.6. The second-order valence-electron chi connectivity index (χ2n) is 5.11. The first-order chi connectivity index (χ1) is 10.2. The lowest BCUT2D eigenvalue weighted by atomic mass is 10.1. The van der Waals surface area contributed by atoms with Crippen molar-refractivity contribution in [1.82, 2.24) is 5.32 Å². The third kappa shape index (κ3) is 2.51. The first-order valence-electron chi connectivity index (χ1n) is 6.80. The van der Waals surface area contributed by atoms with E-state index in [0.717, 1.165) is 18.8 Å². The predicted molar refractivity (Wildman–Crippen MR) is 80.9 cm³/mol. The van der Waals surface area contributed by atoms with E-state index in [4.69, 9.17) is 5.26 Å². The number of fused-ring (bicyclic) bond motifs is 1. The maximum Gasteiger partial charge on any atom is 0.258 e. The van der Waals surface area contributed by atoms with Crippen molar-refractivity contribution in [3.63, 3.8) is 0 Å². The minimum absolute atomic E-state index is 0.0468. The van der Waals surface area contributed by atoms with Crippen LogP contribution in [0.4, 0.5) is 5.69 Å². The molecule has 1 N–H and O–H groups in total. The van der Waals surface area contributed by atoms with Crippen LogP contribution in [-0.4, -0.2) is 13.0 Å². The van der Waals surface area contributed by atoms with Gasteiger partial charge in [0.05, 0.1) is 11.6 Å². The molecule has 2 aromatic carbocycles. The fourth-order valence-electron chi connectivity index (χ4n) is 2.50. The highest BCUT2D eigenvalue weighted by Gasteiger charge is 2.17. The molecule has 0 spiro atoms. The molecular formula is C17H15N3O. The van der Waals surface area contributed by atoms with E-state index >= 15 is 0 Å². The number of benzene rings is 2. The number of nitriles is 1. The van der Waals surface area contributed by atoms with Gasteiger partial charge >= 0.3 is 0 Å². The SMILES string of the molecule is CN(C(=O)c1ccc2c(c1)CNC2)c1ccc(C#N)cc1. The predicted octanol–water partition coefficient (Wildman–Crippen LogP) is 2.44. The second kappa shape index (κ2) is 5.39. The van der Waals surface area contributed by atoms with Gasteiger partial charge in [0, 0.05) is 31.4 Å². The first kappa shape index (κ1) is 13.3. The van der Waals surface area contributed by atoms with Gasteiger partial charge in [-0.05, 0) is 47.5 Å². The second-order valence-corrected chi connectivity index (χ2v) is 5.11. The summed E-state index contributed by atoms with van der Waals surface area (Å²) in [6.07, 6.45) is 0. The molecule has 0 saturated carbocycles. The van der Waals surface area contributed by atoms with Crippen molar-refractivity contribution in [3.05, 3.63) is 64.7 Å². The highest BCUT2D eigenvalue weighted by Crippen LogP contribution is 2.20. The van der Waals surface area contributed by atoms with Gasteiger partial charge < -0.3 is 10.2 Å². The number of rotatable bonds is 2. The smallest absolute Gasteiger partial charge is 0.258 e. The molecule has 21 heavy (non-hydrogen) atoms. The zero-order valence-corrected chi connectivity index (χ0v) is 11.8. The van der Waals surface area contributed by atoms with Crippen molar-refractivity contribution in [1.29, 1.82) is 5.26 Å². The number of carbonyl (C=O) groups excluding carboxylic acids is 1. The number of amides is 1. The fourth-order valence-corrected chi connectivity index (χ4v) is 2.50. The van der Waals surface area contributed by atoms with Crippen LogP contribution >= 0.6 is 0 Å². The van der Waals surface area contributed by atoms with Gasteiger partial charge in [0.1, 0.15) is 0 Å². The standard InChI is InChI=1S/C17H15N3O/c1-20(16-6-2-12(9-18)3-7-16)17(21)13-4-5-14-10-19-11-15(14)8-13/h2-8,19H,10-11H2,1H3. The van der Waals surface area contributed by atoms with Crippen molar-refractivity contribution in [2.45, 2.75) is 13.1 Å². The van der Waals surface area contributed by atoms with Crippen molar-refractivity contribution in [2.75, 3.05) is 11.9 Å². The minimum Gasteiger partial charge on any atom is -0.311 e. The summed E-state index contributed by atoms with van der Waals surface area (Å²) in [4.78, 5) is 14.1. The zero-order valence-electron chi connectivity index (χ0n) is 11.8. The molecule has 4 nitrogen and oxygen atoms in total. The van der Waals surface area contributed by atoms with Crippen molar-refractivity contribution in [3.8, 4) is 6.07 Å². The monoisotopic (exact) mass is 277 g/mol. The molecule has 0 unspecified atom stereocenters. The van der Waals surface area contributed by atoms with Gasteiger partial charge in [-0.3, -0.25) is 4.79 Å². The van der Waals surface area contributed by atoms with Crippen LogP contribution in [0.1, 0.15) is 27.0 Å². The van der Waals surface area contributed by atoms with Gasteiger partial charge in [-0.1, -0.05) is 6.07 Å². The Kier molecular flexibility index (Phi) is 3.43. The molecule has 3 rings (SSSR count). The van der Waals surface area contributed by atoms with E-state index in [-0.39, 0.29) is 5.91 Å². The highest BCUT2D eigenvalue weighted by molar-refractivity contribution is 6.05. The van der Waals surface area contributed by atoms with E-state index in [1.165, 1.54) is 11.1 Å². The molecule has 1 aliphatic heterocycles. The Hall–Kier alpha value is -2.64. The lowest BCUT2D eigenvalue weighted by Gasteiger charge is -2.18. The van der Waals surface area contributed by atoms with Gasteiger partial charge in [0.2, 0.25) is 0 Å². The zero-order chi connectivity index (χ0) is 14.8. The summed E-state index contributed by atoms with van der Waals surface area (Å²) < 4.78 is 0. The minimum atomic E-state index is -0.0468. The molecule has 1 aliphatic rings. The van der Waals surface area contributed by atoms with E-state index in [0.29, 0.717) is 11.1 Å². The van der Waals surface area contributed by atoms with Crippen LogP contribution in [0.5, 0.6) is 0 Å². The molecule has 0 fully saturated rings. The summed E-state index contributed by atoms with van der Waals surface area (Å²) in [6.45, 7) is 1.69. The van der Waals surface area contributed by atoms with Crippen LogP contribution in [0.3, 0.4) is 0 Å². The van der Waals surface area contributed by atoms with E-state index in [1.54, 1.807) is 36.2 Å². The summed E-state index contributed by atoms with van der Waals surface area (Å²) in [5.41, 5.74) is 4.49. The Bertz CT molecular complexity index is 729. The summed E-state index contributed by atoms with van der Waals surface area (Å²) in [6, 6.07) is 14.9. The highest BCUT2D eigenvalue weighted by atomic mass is 16.2. The van der Waals surface area contributed by atoms with Gasteiger partial charge in [0.25, 0.3) is 5.91 Å². The van der Waals surface area contributed by atoms with Gasteiger partial charge in [-0.2, -0.15) is 5.26 Å². The molecular weight excluding hydrogens is 262 g/mol. The molecule has 0 aliphatic carbocycles. The number of anilines is 1. The summed E-state index contributed by atoms with van der Waals surface area (Å²) in [7, 11) is 1.75. The van der Waals surface area contributed by atoms with Gasteiger partial charge in [-0.25, -0.2) is 0 Å². The average molecular weight is 277 g/mol. The van der Waals surface area contributed by atoms with E-state index in [1.807, 2.05) is 18.2 Å². The Balaban J connectivity index is 1.85. The van der Waals surface area contributed by atoms with Crippen LogP contribution < -0.4 is 10.2 Å². The number of nitrogens with zero attached hydrogens (tertiary/aromatic N) is 2. The molecule has 1 amide bonds. The van der Waals surface area contributed by atoms with Crippen molar-refractivity contribution >= 4 is 11.6 Å². The lowest BCUT2D eigenvalue weighted by molar-refractivity contribution is 0.0993. The Morgan fingerprint density at radius 3 is 2.57 bits per heavy atom. The topological polar surface area (TPSA) is 56.1 Å². The van der Waals surface area contributed by atoms with Gasteiger partial charge in [0.15, 0.2) is 0 Å². The number of hydrogen-bond donors (Lipinski definition) is 1. The molecule has 0 aromatic heterocycles. The van der Waals surface area contributed by atoms with E-state index < -0.39 is 0 Å². The van der Waals surface area contributed by atoms with Crippen LogP contribution in [0.15, 0.2) is 42.5 Å². The third-order valence-corrected chi connectivity index (χ3v) is 3.77. The molecule has 4 heteroatoms. The maximum atomic E-state index is 12.5. The summed E-state index contributed by atoms with van der Waals surface area (Å²) >= 11 is 0. The molecule has 0 atom stereocenters. The lowest BCUT2D eigenvalue weighted by Crippen LogP contribution is -2.26. The van der Waals surface area contributed by atoms with Crippen LogP contribution in [0.2, 0.25) is 0 Å². The Morgan fingerprint density at radius 2 is 1.86 bits per heavy atom. The quantitative estimate of drug-likeness (QED) is 0.917. The van der Waals surface area contributed by atoms with E-state index in [2.05, 4.69) is 11.4 Å². The first-order valence-corrected chi connectivity index (χ1v) is 6.80. The Morgan fingerprint density at radius 1 is 1.14 bits per heavy atom. The molecule has 1 heterocycles. The fraction of sp³-hybridized carbons (Fsp3) is 0.176. The third-order valence-electron chi connectivity index (χ3n) is 3.77. The van der Waals surface area contributed by atoms with Crippen LogP contribution in [-0.2, 0) is 13.1 Å². The number of hydrogen-bond acceptors (Lipinski definition) is 3. The molecule has 2 aromatic rings. The Labute approximate surface area is 123 Å². The van der Waals surface area contributed by atoms with Crippen LogP contribution in [0, 0.1) is 11.3 Å². The van der Waals surface area contributed by atoms with Crippen LogP contribution in [0.25, 0.3) is 0 Å². The number of nitrogens with one attached hydrogen (secondary N) is 1. The van der Waals surface area contributed by atoms with Crippen molar-refractivity contribution in [2.24, 2.45) is 0 Å². The summed E-state index contributed by atoms with van der Waals surface area (Å²) in [5.74, 6) is -0.0468. The van der Waals surface area contributed by atoms with Gasteiger partial charge in [-0.15, -0.1) is 0 Å². The van der Waals surface area contributed by atoms with Crippen molar-refractivity contribution < 1.29 is 4.79 Å². The average Bonchev–Trinajstić information content (AvgIpc) is 3.01. The molecule has 0 radical (unpaired) electrons. The largest absolute Gasteiger partial charge is 0.311 e. The number of carbonyl (C=O) groups is 1. The maximum absolute atomic E-state index is 12.5. The van der Waals surface area contributed by atoms with E-state index in [9.17, 15) is 4.79 Å².